The van der Waals surface area contributed by atoms with Crippen LogP contribution in [0.5, 0.6) is 0 Å². The van der Waals surface area contributed by atoms with Crippen LogP contribution in [0.4, 0.5) is 23.2 Å². The molecule has 0 saturated heterocycles. The van der Waals surface area contributed by atoms with Crippen molar-refractivity contribution in [2.45, 2.75) is 10.4 Å². The highest BCUT2D eigenvalue weighted by atomic mass is 79.9. The summed E-state index contributed by atoms with van der Waals surface area (Å²) >= 11 is 3.98. The fraction of sp³-hybridized carbons (Fsp3) is 0.0909. The fourth-order valence-electron chi connectivity index (χ4n) is 1.45. The zero-order chi connectivity index (χ0) is 15.8. The number of rotatable bonds is 3. The fourth-order valence-corrected chi connectivity index (χ4v) is 4.51. The van der Waals surface area contributed by atoms with Crippen LogP contribution in [-0.4, -0.2) is 8.42 Å². The third kappa shape index (κ3) is 3.74. The molecule has 1 aromatic carbocycles. The van der Waals surface area contributed by atoms with Gasteiger partial charge in [0.2, 0.25) is 0 Å². The quantitative estimate of drug-likeness (QED) is 0.768. The molecule has 114 valence electrons. The highest BCUT2D eigenvalue weighted by molar-refractivity contribution is 9.11. The number of hydrogen-bond donors (Lipinski definition) is 1. The van der Waals surface area contributed by atoms with Gasteiger partial charge in [-0.2, -0.15) is 13.2 Å². The summed E-state index contributed by atoms with van der Waals surface area (Å²) in [4.78, 5) is 0. The Labute approximate surface area is 129 Å². The lowest BCUT2D eigenvalue weighted by molar-refractivity contribution is -0.139. The summed E-state index contributed by atoms with van der Waals surface area (Å²) in [6, 6.07) is 4.68. The van der Waals surface area contributed by atoms with Gasteiger partial charge in [0.05, 0.1) is 9.35 Å². The second kappa shape index (κ2) is 5.58. The molecule has 0 aliphatic rings. The number of halogens is 5. The highest BCUT2D eigenvalue weighted by Gasteiger charge is 2.34. The van der Waals surface area contributed by atoms with Crippen molar-refractivity contribution < 1.29 is 26.0 Å². The SMILES string of the molecule is O=S(=O)(Nc1ccc(F)c(C(F)(F)F)c1)c1ccc(Br)s1. The Hall–Kier alpha value is -1.13. The first-order valence-corrected chi connectivity index (χ1v) is 8.34. The van der Waals surface area contributed by atoms with Crippen LogP contribution < -0.4 is 4.72 Å². The van der Waals surface area contributed by atoms with Crippen LogP contribution in [0.3, 0.4) is 0 Å². The molecule has 1 aromatic heterocycles. The normalized spacial score (nSPS) is 12.4. The lowest BCUT2D eigenvalue weighted by atomic mass is 10.2. The van der Waals surface area contributed by atoms with Crippen LogP contribution in [0.1, 0.15) is 5.56 Å². The predicted octanol–water partition coefficient (Wildman–Crippen LogP) is 4.47. The van der Waals surface area contributed by atoms with Gasteiger partial charge in [0.15, 0.2) is 0 Å². The zero-order valence-corrected chi connectivity index (χ0v) is 13.1. The first kappa shape index (κ1) is 16.2. The number of anilines is 1. The number of alkyl halides is 3. The summed E-state index contributed by atoms with van der Waals surface area (Å²) in [5, 5.41) is 0. The Kier molecular flexibility index (Phi) is 4.31. The van der Waals surface area contributed by atoms with Gasteiger partial charge in [-0.05, 0) is 46.3 Å². The van der Waals surface area contributed by atoms with Gasteiger partial charge in [-0.1, -0.05) is 0 Å². The maximum atomic E-state index is 13.1. The van der Waals surface area contributed by atoms with Gasteiger partial charge in [0, 0.05) is 5.69 Å². The molecule has 21 heavy (non-hydrogen) atoms. The third-order valence-electron chi connectivity index (χ3n) is 2.34. The number of benzene rings is 1. The molecule has 1 heterocycles. The van der Waals surface area contributed by atoms with Crippen LogP contribution in [-0.2, 0) is 16.2 Å². The summed E-state index contributed by atoms with van der Waals surface area (Å²) in [5.41, 5.74) is -1.90. The van der Waals surface area contributed by atoms with Crippen LogP contribution in [0, 0.1) is 5.82 Å². The van der Waals surface area contributed by atoms with E-state index in [9.17, 15) is 26.0 Å². The van der Waals surface area contributed by atoms with Crippen molar-refractivity contribution >= 4 is 43.0 Å². The zero-order valence-electron chi connectivity index (χ0n) is 9.91. The number of sulfonamides is 1. The minimum absolute atomic E-state index is 0.0766. The molecule has 0 saturated carbocycles. The Bertz CT molecular complexity index is 771. The molecule has 1 N–H and O–H groups in total. The van der Waals surface area contributed by atoms with Gasteiger partial charge in [0.1, 0.15) is 10.0 Å². The Morgan fingerprint density at radius 2 is 1.81 bits per heavy atom. The maximum Gasteiger partial charge on any atom is 0.419 e. The van der Waals surface area contributed by atoms with E-state index in [0.717, 1.165) is 17.4 Å². The Balaban J connectivity index is 2.36. The lowest BCUT2D eigenvalue weighted by Gasteiger charge is -2.11. The van der Waals surface area contributed by atoms with Gasteiger partial charge in [0.25, 0.3) is 10.0 Å². The van der Waals surface area contributed by atoms with Gasteiger partial charge in [-0.3, -0.25) is 4.72 Å². The summed E-state index contributed by atoms with van der Waals surface area (Å²) in [7, 11) is -4.02. The summed E-state index contributed by atoms with van der Waals surface area (Å²) in [5.74, 6) is -1.47. The van der Waals surface area contributed by atoms with Crippen molar-refractivity contribution in [3.05, 3.63) is 45.5 Å². The standard InChI is InChI=1S/C11H6BrF4NO2S2/c12-9-3-4-10(20-9)21(18,19)17-6-1-2-8(13)7(5-6)11(14,15)16/h1-5,17H. The second-order valence-electron chi connectivity index (χ2n) is 3.86. The van der Waals surface area contributed by atoms with Crippen molar-refractivity contribution in [3.8, 4) is 0 Å². The van der Waals surface area contributed by atoms with Crippen molar-refractivity contribution in [1.29, 1.82) is 0 Å². The van der Waals surface area contributed by atoms with E-state index in [4.69, 9.17) is 0 Å². The average Bonchev–Trinajstić information content (AvgIpc) is 2.77. The molecule has 0 radical (unpaired) electrons. The predicted molar refractivity (Wildman–Crippen MR) is 74.2 cm³/mol. The molecule has 10 heteroatoms. The van der Waals surface area contributed by atoms with E-state index < -0.39 is 27.6 Å². The number of nitrogens with one attached hydrogen (secondary N) is 1. The van der Waals surface area contributed by atoms with E-state index >= 15 is 0 Å². The molecular weight excluding hydrogens is 398 g/mol. The summed E-state index contributed by atoms with van der Waals surface area (Å²) in [6.45, 7) is 0. The molecular formula is C11H6BrF4NO2S2. The number of thiophene rings is 1. The monoisotopic (exact) mass is 403 g/mol. The molecule has 0 amide bonds. The van der Waals surface area contributed by atoms with Crippen LogP contribution in [0.15, 0.2) is 38.3 Å². The smallest absolute Gasteiger partial charge is 0.279 e. The van der Waals surface area contributed by atoms with Gasteiger partial charge in [-0.15, -0.1) is 11.3 Å². The van der Waals surface area contributed by atoms with E-state index in [-0.39, 0.29) is 9.90 Å². The number of hydrogen-bond acceptors (Lipinski definition) is 3. The van der Waals surface area contributed by atoms with E-state index in [1.165, 1.54) is 12.1 Å². The molecule has 0 aliphatic carbocycles. The van der Waals surface area contributed by atoms with Gasteiger partial charge < -0.3 is 0 Å². The highest BCUT2D eigenvalue weighted by Crippen LogP contribution is 2.34. The molecule has 2 rings (SSSR count). The van der Waals surface area contributed by atoms with Gasteiger partial charge >= 0.3 is 6.18 Å². The van der Waals surface area contributed by atoms with Crippen molar-refractivity contribution in [3.63, 3.8) is 0 Å². The molecule has 3 nitrogen and oxygen atoms in total. The average molecular weight is 404 g/mol. The third-order valence-corrected chi connectivity index (χ3v) is 5.83. The summed E-state index contributed by atoms with van der Waals surface area (Å²) < 4.78 is 77.2. The van der Waals surface area contributed by atoms with E-state index in [1.54, 1.807) is 0 Å². The largest absolute Gasteiger partial charge is 0.419 e. The minimum atomic E-state index is -4.91. The van der Waals surface area contributed by atoms with E-state index in [0.29, 0.717) is 15.9 Å². The summed E-state index contributed by atoms with van der Waals surface area (Å²) in [6.07, 6.45) is -4.91. The minimum Gasteiger partial charge on any atom is -0.279 e. The molecule has 2 aromatic rings. The molecule has 0 bridgehead atoms. The first-order valence-electron chi connectivity index (χ1n) is 5.24. The lowest BCUT2D eigenvalue weighted by Crippen LogP contribution is -2.14. The molecule has 0 aliphatic heterocycles. The Morgan fingerprint density at radius 3 is 2.33 bits per heavy atom. The van der Waals surface area contributed by atoms with Crippen molar-refractivity contribution in [2.75, 3.05) is 4.72 Å². The van der Waals surface area contributed by atoms with Crippen molar-refractivity contribution in [2.24, 2.45) is 0 Å². The van der Waals surface area contributed by atoms with Crippen LogP contribution in [0.2, 0.25) is 0 Å². The maximum absolute atomic E-state index is 13.1. The molecule has 0 fully saturated rings. The first-order chi connectivity index (χ1) is 9.59. The van der Waals surface area contributed by atoms with Crippen LogP contribution in [0.25, 0.3) is 0 Å². The topological polar surface area (TPSA) is 46.2 Å². The molecule has 0 spiro atoms. The van der Waals surface area contributed by atoms with Crippen molar-refractivity contribution in [1.82, 2.24) is 0 Å². The van der Waals surface area contributed by atoms with Gasteiger partial charge in [-0.25, -0.2) is 12.8 Å². The van der Waals surface area contributed by atoms with E-state index in [2.05, 4.69) is 15.9 Å². The van der Waals surface area contributed by atoms with Crippen LogP contribution >= 0.6 is 27.3 Å². The molecule has 0 atom stereocenters. The molecule has 0 unspecified atom stereocenters. The Morgan fingerprint density at radius 1 is 1.14 bits per heavy atom. The second-order valence-corrected chi connectivity index (χ2v) is 8.23. The van der Waals surface area contributed by atoms with E-state index in [1.807, 2.05) is 4.72 Å².